The van der Waals surface area contributed by atoms with Crippen molar-refractivity contribution in [2.75, 3.05) is 13.7 Å². The Bertz CT molecular complexity index is 162. The van der Waals surface area contributed by atoms with Gasteiger partial charge in [-0.15, -0.1) is 0 Å². The molecule has 14 heavy (non-hydrogen) atoms. The van der Waals surface area contributed by atoms with E-state index in [1.165, 1.54) is 0 Å². The van der Waals surface area contributed by atoms with E-state index in [4.69, 9.17) is 4.74 Å². The van der Waals surface area contributed by atoms with E-state index in [-0.39, 0.29) is 0 Å². The number of hydrogen-bond donors (Lipinski definition) is 0. The lowest BCUT2D eigenvalue weighted by molar-refractivity contribution is 0.190. The summed E-state index contributed by atoms with van der Waals surface area (Å²) in [5, 5.41) is 0. The second-order valence-corrected chi connectivity index (χ2v) is 2.15. The van der Waals surface area contributed by atoms with Crippen LogP contribution in [0, 0.1) is 0 Å². The van der Waals surface area contributed by atoms with E-state index < -0.39 is 0 Å². The van der Waals surface area contributed by atoms with Crippen molar-refractivity contribution in [2.45, 2.75) is 40.7 Å². The summed E-state index contributed by atoms with van der Waals surface area (Å²) in [6.07, 6.45) is 6.60. The second-order valence-electron chi connectivity index (χ2n) is 2.15. The van der Waals surface area contributed by atoms with E-state index in [1.807, 2.05) is 44.8 Å². The van der Waals surface area contributed by atoms with E-state index in [2.05, 4.69) is 4.98 Å². The van der Waals surface area contributed by atoms with Crippen LogP contribution in [0.5, 0.6) is 0 Å². The molecule has 1 rings (SSSR count). The Labute approximate surface area is 88.1 Å². The molecule has 1 aromatic heterocycles. The molecule has 0 N–H and O–H groups in total. The van der Waals surface area contributed by atoms with E-state index in [0.29, 0.717) is 0 Å². The molecule has 0 amide bonds. The first-order valence-electron chi connectivity index (χ1n) is 5.38. The summed E-state index contributed by atoms with van der Waals surface area (Å²) in [5.74, 6) is 0. The Morgan fingerprint density at radius 1 is 1.21 bits per heavy atom. The van der Waals surface area contributed by atoms with Crippen LogP contribution >= 0.6 is 0 Å². The molecule has 3 nitrogen and oxygen atoms in total. The zero-order valence-corrected chi connectivity index (χ0v) is 10.2. The quantitative estimate of drug-likeness (QED) is 0.699. The molecule has 0 radical (unpaired) electrons. The van der Waals surface area contributed by atoms with Crippen LogP contribution in [0.1, 0.15) is 34.1 Å². The Morgan fingerprint density at radius 3 is 2.29 bits per heavy atom. The number of nitrogens with zero attached hydrogens (tertiary/aromatic N) is 2. The van der Waals surface area contributed by atoms with Crippen LogP contribution in [0.3, 0.4) is 0 Å². The van der Waals surface area contributed by atoms with Crippen LogP contribution in [-0.4, -0.2) is 23.3 Å². The number of aryl methyl sites for hydroxylation is 1. The van der Waals surface area contributed by atoms with Crippen molar-refractivity contribution in [1.82, 2.24) is 9.55 Å². The monoisotopic (exact) mass is 200 g/mol. The summed E-state index contributed by atoms with van der Waals surface area (Å²) in [7, 11) is 1.72. The summed E-state index contributed by atoms with van der Waals surface area (Å²) in [6.45, 7) is 9.81. The predicted molar refractivity (Wildman–Crippen MR) is 61.4 cm³/mol. The van der Waals surface area contributed by atoms with Gasteiger partial charge in [0, 0.05) is 32.7 Å². The maximum atomic E-state index is 4.91. The highest BCUT2D eigenvalue weighted by molar-refractivity contribution is 4.73. The minimum atomic E-state index is 0.818. The first kappa shape index (κ1) is 15.6. The summed E-state index contributed by atoms with van der Waals surface area (Å²) >= 11 is 0. The zero-order chi connectivity index (χ0) is 11.2. The average Bonchev–Trinajstić information content (AvgIpc) is 2.77. The van der Waals surface area contributed by atoms with Gasteiger partial charge >= 0.3 is 0 Å². The average molecular weight is 200 g/mol. The Kier molecular flexibility index (Phi) is 16.4. The molecule has 1 heterocycles. The maximum absolute atomic E-state index is 4.91. The molecule has 0 atom stereocenters. The SMILES string of the molecule is CC.CC.COCCCn1ccnc1. The lowest BCUT2D eigenvalue weighted by atomic mass is 10.4. The Hall–Kier alpha value is -0.830. The van der Waals surface area contributed by atoms with Gasteiger partial charge in [0.05, 0.1) is 6.33 Å². The molecule has 0 bridgehead atoms. The van der Waals surface area contributed by atoms with Crippen LogP contribution in [-0.2, 0) is 11.3 Å². The number of aromatic nitrogens is 2. The van der Waals surface area contributed by atoms with Crippen LogP contribution in [0.4, 0.5) is 0 Å². The van der Waals surface area contributed by atoms with Crippen molar-refractivity contribution in [2.24, 2.45) is 0 Å². The van der Waals surface area contributed by atoms with E-state index in [0.717, 1.165) is 19.6 Å². The molecule has 0 aliphatic heterocycles. The number of imidazole rings is 1. The van der Waals surface area contributed by atoms with Crippen molar-refractivity contribution < 1.29 is 4.74 Å². The topological polar surface area (TPSA) is 27.1 Å². The highest BCUT2D eigenvalue weighted by Gasteiger charge is 1.87. The molecule has 0 aliphatic carbocycles. The van der Waals surface area contributed by atoms with E-state index in [1.54, 1.807) is 13.3 Å². The van der Waals surface area contributed by atoms with Crippen molar-refractivity contribution in [3.05, 3.63) is 18.7 Å². The van der Waals surface area contributed by atoms with Gasteiger partial charge in [-0.05, 0) is 6.42 Å². The lowest BCUT2D eigenvalue weighted by Crippen LogP contribution is -1.98. The van der Waals surface area contributed by atoms with E-state index in [9.17, 15) is 0 Å². The van der Waals surface area contributed by atoms with Gasteiger partial charge < -0.3 is 9.30 Å². The first-order valence-corrected chi connectivity index (χ1v) is 5.38. The second kappa shape index (κ2) is 14.7. The summed E-state index contributed by atoms with van der Waals surface area (Å²) in [6, 6.07) is 0. The van der Waals surface area contributed by atoms with Crippen LogP contribution in [0.15, 0.2) is 18.7 Å². The normalized spacial score (nSPS) is 8.07. The standard InChI is InChI=1S/C7H12N2O.2C2H6/c1-10-6-2-4-9-5-3-8-7-9;2*1-2/h3,5,7H,2,4,6H2,1H3;2*1-2H3. The van der Waals surface area contributed by atoms with Gasteiger partial charge in [0.25, 0.3) is 0 Å². The number of hydrogen-bond acceptors (Lipinski definition) is 2. The molecule has 0 saturated heterocycles. The van der Waals surface area contributed by atoms with Crippen molar-refractivity contribution in [3.8, 4) is 0 Å². The third kappa shape index (κ3) is 9.26. The number of rotatable bonds is 4. The molecule has 0 aliphatic rings. The van der Waals surface area contributed by atoms with Gasteiger partial charge in [0.1, 0.15) is 0 Å². The van der Waals surface area contributed by atoms with Gasteiger partial charge in [0.2, 0.25) is 0 Å². The largest absolute Gasteiger partial charge is 0.385 e. The highest BCUT2D eigenvalue weighted by atomic mass is 16.5. The summed E-state index contributed by atoms with van der Waals surface area (Å²) < 4.78 is 6.95. The molecule has 0 fully saturated rings. The minimum Gasteiger partial charge on any atom is -0.385 e. The zero-order valence-electron chi connectivity index (χ0n) is 10.2. The maximum Gasteiger partial charge on any atom is 0.0945 e. The van der Waals surface area contributed by atoms with Crippen LogP contribution in [0.2, 0.25) is 0 Å². The van der Waals surface area contributed by atoms with Crippen LogP contribution in [0.25, 0.3) is 0 Å². The lowest BCUT2D eigenvalue weighted by Gasteiger charge is -1.99. The summed E-state index contributed by atoms with van der Waals surface area (Å²) in [5.41, 5.74) is 0. The molecule has 1 aromatic rings. The molecule has 84 valence electrons. The molecular formula is C11H24N2O. The fourth-order valence-corrected chi connectivity index (χ4v) is 0.810. The Balaban J connectivity index is 0. The van der Waals surface area contributed by atoms with Gasteiger partial charge in [-0.2, -0.15) is 0 Å². The number of ether oxygens (including phenoxy) is 1. The van der Waals surface area contributed by atoms with Crippen molar-refractivity contribution in [1.29, 1.82) is 0 Å². The molecule has 0 unspecified atom stereocenters. The third-order valence-electron chi connectivity index (χ3n) is 1.32. The predicted octanol–water partition coefficient (Wildman–Crippen LogP) is 2.97. The molecule has 0 aromatic carbocycles. The Morgan fingerprint density at radius 2 is 1.86 bits per heavy atom. The van der Waals surface area contributed by atoms with Crippen LogP contribution < -0.4 is 0 Å². The fraction of sp³-hybridized carbons (Fsp3) is 0.727. The van der Waals surface area contributed by atoms with Gasteiger partial charge in [0.15, 0.2) is 0 Å². The molecule has 0 saturated carbocycles. The molecule has 3 heteroatoms. The highest BCUT2D eigenvalue weighted by Crippen LogP contribution is 1.89. The first-order chi connectivity index (χ1) is 6.93. The van der Waals surface area contributed by atoms with Gasteiger partial charge in [-0.3, -0.25) is 0 Å². The molecule has 0 spiro atoms. The smallest absolute Gasteiger partial charge is 0.0945 e. The van der Waals surface area contributed by atoms with E-state index >= 15 is 0 Å². The fourth-order valence-electron chi connectivity index (χ4n) is 0.810. The minimum absolute atomic E-state index is 0.818. The van der Waals surface area contributed by atoms with Crippen molar-refractivity contribution in [3.63, 3.8) is 0 Å². The summed E-state index contributed by atoms with van der Waals surface area (Å²) in [4.78, 5) is 3.92. The van der Waals surface area contributed by atoms with Gasteiger partial charge in [-0.1, -0.05) is 27.7 Å². The van der Waals surface area contributed by atoms with Gasteiger partial charge in [-0.25, -0.2) is 4.98 Å². The molecular weight excluding hydrogens is 176 g/mol. The third-order valence-corrected chi connectivity index (χ3v) is 1.32. The number of methoxy groups -OCH3 is 1. The van der Waals surface area contributed by atoms with Crippen molar-refractivity contribution >= 4 is 0 Å².